The summed E-state index contributed by atoms with van der Waals surface area (Å²) in [6.45, 7) is 3.01. The first-order chi connectivity index (χ1) is 8.30. The maximum Gasteiger partial charge on any atom is 0.238 e. The Bertz CT molecular complexity index is 550. The minimum absolute atomic E-state index is 0.0814. The van der Waals surface area contributed by atoms with Crippen molar-refractivity contribution in [3.63, 3.8) is 0 Å². The molecule has 1 aliphatic rings. The van der Waals surface area contributed by atoms with Crippen LogP contribution in [0.15, 0.2) is 23.1 Å². The molecule has 18 heavy (non-hydrogen) atoms. The molecule has 1 fully saturated rings. The predicted molar refractivity (Wildman–Crippen MR) is 72.7 cm³/mol. The van der Waals surface area contributed by atoms with Crippen LogP contribution in [0.4, 0.5) is 11.4 Å². The van der Waals surface area contributed by atoms with E-state index in [1.165, 1.54) is 31.4 Å². The van der Waals surface area contributed by atoms with Crippen LogP contribution in [0.3, 0.4) is 0 Å². The number of anilines is 2. The fraction of sp³-hybridized carbons (Fsp3) is 0.500. The molecule has 0 saturated heterocycles. The summed E-state index contributed by atoms with van der Waals surface area (Å²) >= 11 is 0. The van der Waals surface area contributed by atoms with E-state index in [1.54, 1.807) is 6.07 Å². The lowest BCUT2D eigenvalue weighted by Gasteiger charge is -2.38. The van der Waals surface area contributed by atoms with E-state index in [9.17, 15) is 8.42 Å². The first-order valence-corrected chi connectivity index (χ1v) is 7.51. The molecule has 0 aromatic heterocycles. The van der Waals surface area contributed by atoms with Gasteiger partial charge in [0.15, 0.2) is 0 Å². The first kappa shape index (κ1) is 13.2. The molecule has 5 nitrogen and oxygen atoms in total. The molecule has 0 heterocycles. The number of hydrogen-bond acceptors (Lipinski definition) is 4. The first-order valence-electron chi connectivity index (χ1n) is 5.96. The highest BCUT2D eigenvalue weighted by Gasteiger charge is 2.31. The normalized spacial score (nSPS) is 18.1. The second kappa shape index (κ2) is 4.44. The molecule has 1 saturated carbocycles. The second-order valence-corrected chi connectivity index (χ2v) is 6.87. The van der Waals surface area contributed by atoms with Crippen molar-refractivity contribution in [3.05, 3.63) is 18.2 Å². The van der Waals surface area contributed by atoms with Crippen LogP contribution >= 0.6 is 0 Å². The third-order valence-electron chi connectivity index (χ3n) is 3.62. The van der Waals surface area contributed by atoms with Crippen molar-refractivity contribution in [1.82, 2.24) is 0 Å². The SMILES string of the molecule is CC1(CNc2cc(S(N)(=O)=O)ccc2N)CCC1. The number of nitrogens with one attached hydrogen (secondary N) is 1. The maximum atomic E-state index is 11.3. The number of sulfonamides is 1. The van der Waals surface area contributed by atoms with Gasteiger partial charge in [0, 0.05) is 6.54 Å². The average molecular weight is 269 g/mol. The minimum Gasteiger partial charge on any atom is -0.397 e. The fourth-order valence-corrected chi connectivity index (χ4v) is 2.67. The Morgan fingerprint density at radius 2 is 2.06 bits per heavy atom. The lowest BCUT2D eigenvalue weighted by Crippen LogP contribution is -2.33. The van der Waals surface area contributed by atoms with Gasteiger partial charge in [0.05, 0.1) is 16.3 Å². The smallest absolute Gasteiger partial charge is 0.238 e. The van der Waals surface area contributed by atoms with Crippen LogP contribution in [0, 0.1) is 5.41 Å². The van der Waals surface area contributed by atoms with E-state index in [1.807, 2.05) is 0 Å². The average Bonchev–Trinajstić information content (AvgIpc) is 2.24. The van der Waals surface area contributed by atoms with E-state index < -0.39 is 10.0 Å². The van der Waals surface area contributed by atoms with Crippen molar-refractivity contribution < 1.29 is 8.42 Å². The molecule has 0 amide bonds. The van der Waals surface area contributed by atoms with Crippen molar-refractivity contribution in [3.8, 4) is 0 Å². The summed E-state index contributed by atoms with van der Waals surface area (Å²) in [7, 11) is -3.68. The molecular weight excluding hydrogens is 250 g/mol. The molecule has 6 heteroatoms. The van der Waals surface area contributed by atoms with Crippen LogP contribution in [-0.2, 0) is 10.0 Å². The molecule has 0 bridgehead atoms. The number of benzene rings is 1. The molecule has 5 N–H and O–H groups in total. The van der Waals surface area contributed by atoms with Gasteiger partial charge in [0.1, 0.15) is 0 Å². The van der Waals surface area contributed by atoms with Crippen molar-refractivity contribution >= 4 is 21.4 Å². The molecule has 0 radical (unpaired) electrons. The molecule has 0 aliphatic heterocycles. The Kier molecular flexibility index (Phi) is 3.25. The van der Waals surface area contributed by atoms with Gasteiger partial charge in [-0.05, 0) is 36.5 Å². The van der Waals surface area contributed by atoms with E-state index in [2.05, 4.69) is 12.2 Å². The lowest BCUT2D eigenvalue weighted by molar-refractivity contribution is 0.180. The van der Waals surface area contributed by atoms with E-state index in [0.717, 1.165) is 6.54 Å². The largest absolute Gasteiger partial charge is 0.397 e. The summed E-state index contributed by atoms with van der Waals surface area (Å²) in [5.41, 5.74) is 7.29. The van der Waals surface area contributed by atoms with Crippen molar-refractivity contribution in [2.75, 3.05) is 17.6 Å². The maximum absolute atomic E-state index is 11.3. The third kappa shape index (κ3) is 2.76. The topological polar surface area (TPSA) is 98.2 Å². The van der Waals surface area contributed by atoms with E-state index in [0.29, 0.717) is 16.8 Å². The Morgan fingerprint density at radius 1 is 1.39 bits per heavy atom. The van der Waals surface area contributed by atoms with Crippen LogP contribution in [0.25, 0.3) is 0 Å². The molecule has 1 aromatic carbocycles. The standard InChI is InChI=1S/C12H19N3O2S/c1-12(5-2-6-12)8-15-11-7-9(18(14,16)17)3-4-10(11)13/h3-4,7,15H,2,5-6,8,13H2,1H3,(H2,14,16,17). The number of hydrogen-bond donors (Lipinski definition) is 3. The van der Waals surface area contributed by atoms with Gasteiger partial charge in [0.2, 0.25) is 10.0 Å². The Morgan fingerprint density at radius 3 is 2.56 bits per heavy atom. The summed E-state index contributed by atoms with van der Waals surface area (Å²) in [5, 5.41) is 8.32. The summed E-state index contributed by atoms with van der Waals surface area (Å²) in [5.74, 6) is 0. The highest BCUT2D eigenvalue weighted by molar-refractivity contribution is 7.89. The van der Waals surface area contributed by atoms with Crippen LogP contribution in [0.5, 0.6) is 0 Å². The Balaban J connectivity index is 2.16. The zero-order chi connectivity index (χ0) is 13.4. The van der Waals surface area contributed by atoms with Crippen molar-refractivity contribution in [2.24, 2.45) is 10.6 Å². The molecule has 0 atom stereocenters. The molecule has 0 unspecified atom stereocenters. The predicted octanol–water partition coefficient (Wildman–Crippen LogP) is 1.52. The monoisotopic (exact) mass is 269 g/mol. The molecular formula is C12H19N3O2S. The molecule has 0 spiro atoms. The summed E-state index contributed by atoms with van der Waals surface area (Å²) in [4.78, 5) is 0.0814. The van der Waals surface area contributed by atoms with Crippen LogP contribution in [-0.4, -0.2) is 15.0 Å². The van der Waals surface area contributed by atoms with E-state index >= 15 is 0 Å². The lowest BCUT2D eigenvalue weighted by atomic mass is 9.70. The highest BCUT2D eigenvalue weighted by Crippen LogP contribution is 2.40. The number of rotatable bonds is 4. The van der Waals surface area contributed by atoms with Gasteiger partial charge in [-0.25, -0.2) is 13.6 Å². The molecule has 1 aliphatic carbocycles. The highest BCUT2D eigenvalue weighted by atomic mass is 32.2. The zero-order valence-electron chi connectivity index (χ0n) is 10.4. The Labute approximate surface area is 108 Å². The summed E-state index contributed by atoms with van der Waals surface area (Å²) < 4.78 is 22.5. The van der Waals surface area contributed by atoms with E-state index in [-0.39, 0.29) is 4.90 Å². The Hall–Kier alpha value is -1.27. The van der Waals surface area contributed by atoms with Crippen molar-refractivity contribution in [2.45, 2.75) is 31.1 Å². The quantitative estimate of drug-likeness (QED) is 0.722. The molecule has 100 valence electrons. The fourth-order valence-electron chi connectivity index (χ4n) is 2.13. The van der Waals surface area contributed by atoms with Gasteiger partial charge < -0.3 is 11.1 Å². The van der Waals surface area contributed by atoms with Crippen LogP contribution in [0.2, 0.25) is 0 Å². The third-order valence-corrected chi connectivity index (χ3v) is 4.53. The summed E-state index contributed by atoms with van der Waals surface area (Å²) in [6.07, 6.45) is 3.63. The number of nitrogens with two attached hydrogens (primary N) is 2. The van der Waals surface area contributed by atoms with Gasteiger partial charge in [-0.2, -0.15) is 0 Å². The molecule has 1 aromatic rings. The molecule has 2 rings (SSSR count). The van der Waals surface area contributed by atoms with Gasteiger partial charge in [-0.3, -0.25) is 0 Å². The minimum atomic E-state index is -3.68. The van der Waals surface area contributed by atoms with Gasteiger partial charge in [0.25, 0.3) is 0 Å². The van der Waals surface area contributed by atoms with E-state index in [4.69, 9.17) is 10.9 Å². The summed E-state index contributed by atoms with van der Waals surface area (Å²) in [6, 6.07) is 4.47. The van der Waals surface area contributed by atoms with Crippen LogP contribution in [0.1, 0.15) is 26.2 Å². The van der Waals surface area contributed by atoms with Crippen LogP contribution < -0.4 is 16.2 Å². The zero-order valence-corrected chi connectivity index (χ0v) is 11.3. The van der Waals surface area contributed by atoms with Crippen molar-refractivity contribution in [1.29, 1.82) is 0 Å². The van der Waals surface area contributed by atoms with Gasteiger partial charge in [-0.15, -0.1) is 0 Å². The van der Waals surface area contributed by atoms with Gasteiger partial charge in [-0.1, -0.05) is 13.3 Å². The second-order valence-electron chi connectivity index (χ2n) is 5.31. The van der Waals surface area contributed by atoms with Gasteiger partial charge >= 0.3 is 0 Å². The number of primary sulfonamides is 1. The number of nitrogen functional groups attached to an aromatic ring is 1.